The number of carbonyl (C=O) groups is 1. The van der Waals surface area contributed by atoms with Crippen LogP contribution in [0.25, 0.3) is 11.0 Å². The van der Waals surface area contributed by atoms with Gasteiger partial charge in [-0.15, -0.1) is 0 Å². The van der Waals surface area contributed by atoms with Gasteiger partial charge in [0, 0.05) is 38.2 Å². The number of pyridine rings is 2. The molecule has 3 aromatic heterocycles. The molecule has 0 unspecified atom stereocenters. The average Bonchev–Trinajstić information content (AvgIpc) is 3.10. The molecule has 0 aromatic carbocycles. The van der Waals surface area contributed by atoms with Crippen molar-refractivity contribution >= 4 is 34.4 Å². The number of aromatic nitrogens is 3. The van der Waals surface area contributed by atoms with E-state index in [1.165, 1.54) is 0 Å². The van der Waals surface area contributed by atoms with E-state index in [0.717, 1.165) is 38.4 Å². The van der Waals surface area contributed by atoms with Crippen molar-refractivity contribution < 1.29 is 9.53 Å². The highest BCUT2D eigenvalue weighted by molar-refractivity contribution is 6.36. The van der Waals surface area contributed by atoms with E-state index in [2.05, 4.69) is 25.2 Å². The lowest BCUT2D eigenvalue weighted by molar-refractivity contribution is 0.0341. The van der Waals surface area contributed by atoms with E-state index < -0.39 is 0 Å². The summed E-state index contributed by atoms with van der Waals surface area (Å²) in [6.45, 7) is 4.21. The van der Waals surface area contributed by atoms with Gasteiger partial charge in [0.1, 0.15) is 11.5 Å². The molecular formula is C18H18ClN5O2. The minimum atomic E-state index is -0.278. The summed E-state index contributed by atoms with van der Waals surface area (Å²) in [5.41, 5.74) is 2.12. The molecule has 0 atom stereocenters. The Morgan fingerprint density at radius 3 is 2.88 bits per heavy atom. The number of nitrogens with zero attached hydrogens (tertiary/aromatic N) is 3. The number of rotatable bonds is 4. The Kier molecular flexibility index (Phi) is 4.83. The minimum absolute atomic E-state index is 0.278. The molecule has 7 nitrogen and oxygen atoms in total. The third kappa shape index (κ3) is 3.55. The molecule has 134 valence electrons. The Morgan fingerprint density at radius 1 is 1.27 bits per heavy atom. The fourth-order valence-electron chi connectivity index (χ4n) is 2.99. The monoisotopic (exact) mass is 371 g/mol. The Hall–Kier alpha value is -2.48. The predicted molar refractivity (Wildman–Crippen MR) is 99.4 cm³/mol. The van der Waals surface area contributed by atoms with Crippen molar-refractivity contribution in [3.8, 4) is 0 Å². The molecule has 8 heteroatoms. The molecule has 0 aliphatic carbocycles. The van der Waals surface area contributed by atoms with E-state index in [9.17, 15) is 4.79 Å². The quantitative estimate of drug-likeness (QED) is 0.736. The van der Waals surface area contributed by atoms with E-state index in [1.807, 2.05) is 12.1 Å². The number of anilines is 1. The van der Waals surface area contributed by atoms with Gasteiger partial charge in [0.15, 0.2) is 0 Å². The molecule has 1 fully saturated rings. The van der Waals surface area contributed by atoms with E-state index in [0.29, 0.717) is 27.4 Å². The van der Waals surface area contributed by atoms with Crippen molar-refractivity contribution in [2.24, 2.45) is 0 Å². The third-order valence-electron chi connectivity index (χ3n) is 4.34. The van der Waals surface area contributed by atoms with E-state index in [4.69, 9.17) is 16.3 Å². The molecule has 0 radical (unpaired) electrons. The van der Waals surface area contributed by atoms with Crippen molar-refractivity contribution in [1.29, 1.82) is 0 Å². The molecule has 0 bridgehead atoms. The van der Waals surface area contributed by atoms with Gasteiger partial charge in [-0.2, -0.15) is 0 Å². The maximum Gasteiger partial charge on any atom is 0.259 e. The Balaban J connectivity index is 1.45. The van der Waals surface area contributed by atoms with Gasteiger partial charge in [0.05, 0.1) is 29.2 Å². The first kappa shape index (κ1) is 17.0. The number of aromatic amines is 1. The average molecular weight is 372 g/mol. The highest BCUT2D eigenvalue weighted by Crippen LogP contribution is 2.25. The highest BCUT2D eigenvalue weighted by Gasteiger charge is 2.16. The van der Waals surface area contributed by atoms with Crippen LogP contribution in [0.2, 0.25) is 5.02 Å². The van der Waals surface area contributed by atoms with Gasteiger partial charge in [-0.3, -0.25) is 9.69 Å². The van der Waals surface area contributed by atoms with Gasteiger partial charge >= 0.3 is 0 Å². The van der Waals surface area contributed by atoms with Crippen molar-refractivity contribution in [3.63, 3.8) is 0 Å². The van der Waals surface area contributed by atoms with Crippen molar-refractivity contribution in [2.45, 2.75) is 6.54 Å². The summed E-state index contributed by atoms with van der Waals surface area (Å²) in [5, 5.41) is 3.89. The lowest BCUT2D eigenvalue weighted by Gasteiger charge is -2.26. The second-order valence-corrected chi connectivity index (χ2v) is 6.52. The smallest absolute Gasteiger partial charge is 0.259 e. The minimum Gasteiger partial charge on any atom is -0.379 e. The van der Waals surface area contributed by atoms with Crippen molar-refractivity contribution in [1.82, 2.24) is 19.9 Å². The first-order chi connectivity index (χ1) is 12.7. The van der Waals surface area contributed by atoms with Crippen LogP contribution in [0.4, 0.5) is 5.82 Å². The van der Waals surface area contributed by atoms with Crippen LogP contribution in [-0.4, -0.2) is 52.1 Å². The van der Waals surface area contributed by atoms with Crippen LogP contribution >= 0.6 is 11.6 Å². The van der Waals surface area contributed by atoms with Gasteiger partial charge in [-0.25, -0.2) is 9.97 Å². The molecule has 0 spiro atoms. The molecule has 26 heavy (non-hydrogen) atoms. The number of fused-ring (bicyclic) bond motifs is 1. The van der Waals surface area contributed by atoms with Crippen molar-refractivity contribution in [2.75, 3.05) is 31.6 Å². The molecule has 1 aliphatic rings. The number of ether oxygens (including phenoxy) is 1. The van der Waals surface area contributed by atoms with Gasteiger partial charge in [0.25, 0.3) is 5.91 Å². The van der Waals surface area contributed by atoms with Gasteiger partial charge in [-0.1, -0.05) is 17.7 Å². The summed E-state index contributed by atoms with van der Waals surface area (Å²) < 4.78 is 5.35. The highest BCUT2D eigenvalue weighted by atomic mass is 35.5. The van der Waals surface area contributed by atoms with Crippen LogP contribution < -0.4 is 5.32 Å². The maximum absolute atomic E-state index is 12.6. The Bertz CT molecular complexity index is 919. The first-order valence-corrected chi connectivity index (χ1v) is 8.76. The molecular weight excluding hydrogens is 354 g/mol. The predicted octanol–water partition coefficient (Wildman–Crippen LogP) is 2.70. The van der Waals surface area contributed by atoms with Crippen LogP contribution in [0.15, 0.2) is 36.8 Å². The van der Waals surface area contributed by atoms with Crippen LogP contribution in [0.3, 0.4) is 0 Å². The Morgan fingerprint density at radius 2 is 2.12 bits per heavy atom. The number of nitrogens with one attached hydrogen (secondary N) is 2. The van der Waals surface area contributed by atoms with Crippen LogP contribution in [0, 0.1) is 0 Å². The van der Waals surface area contributed by atoms with Crippen molar-refractivity contribution in [3.05, 3.63) is 52.9 Å². The number of hydrogen-bond acceptors (Lipinski definition) is 5. The van der Waals surface area contributed by atoms with E-state index >= 15 is 0 Å². The zero-order valence-electron chi connectivity index (χ0n) is 14.0. The second kappa shape index (κ2) is 7.41. The van der Waals surface area contributed by atoms with Gasteiger partial charge < -0.3 is 15.0 Å². The summed E-state index contributed by atoms with van der Waals surface area (Å²) in [6.07, 6.45) is 4.98. The lowest BCUT2D eigenvalue weighted by atomic mass is 10.2. The molecule has 1 saturated heterocycles. The Labute approximate surface area is 155 Å². The van der Waals surface area contributed by atoms with Crippen LogP contribution in [-0.2, 0) is 11.3 Å². The number of hydrogen-bond donors (Lipinski definition) is 2. The van der Waals surface area contributed by atoms with Gasteiger partial charge in [-0.05, 0) is 17.7 Å². The molecule has 4 heterocycles. The maximum atomic E-state index is 12.6. The fraction of sp³-hybridized carbons (Fsp3) is 0.278. The van der Waals surface area contributed by atoms with Gasteiger partial charge in [0.2, 0.25) is 0 Å². The molecule has 2 N–H and O–H groups in total. The first-order valence-electron chi connectivity index (χ1n) is 8.39. The summed E-state index contributed by atoms with van der Waals surface area (Å²) in [5.74, 6) is 0.217. The second-order valence-electron chi connectivity index (χ2n) is 6.11. The number of morpholine rings is 1. The van der Waals surface area contributed by atoms with E-state index in [1.54, 1.807) is 24.7 Å². The van der Waals surface area contributed by atoms with E-state index in [-0.39, 0.29) is 5.91 Å². The summed E-state index contributed by atoms with van der Waals surface area (Å²) in [6, 6.07) is 5.44. The zero-order chi connectivity index (χ0) is 17.9. The third-order valence-corrected chi connectivity index (χ3v) is 4.66. The molecule has 0 saturated carbocycles. The number of halogens is 1. The molecule has 1 aliphatic heterocycles. The normalized spacial score (nSPS) is 15.3. The number of amides is 1. The summed E-state index contributed by atoms with van der Waals surface area (Å²) >= 11 is 6.19. The fourth-order valence-corrected chi connectivity index (χ4v) is 3.24. The zero-order valence-corrected chi connectivity index (χ0v) is 14.8. The standard InChI is InChI=1S/C18H18ClN5O2/c19-14-3-4-20-17-16(14)13(10-22-17)18(25)23-15-2-1-12(9-21-15)11-24-5-7-26-8-6-24/h1-4,9-10H,5-8,11H2,(H,20,22)(H,21,23,25). The largest absolute Gasteiger partial charge is 0.379 e. The summed E-state index contributed by atoms with van der Waals surface area (Å²) in [4.78, 5) is 26.4. The molecule has 3 aromatic rings. The molecule has 1 amide bonds. The van der Waals surface area contributed by atoms with Crippen LogP contribution in [0.1, 0.15) is 15.9 Å². The van der Waals surface area contributed by atoms with Crippen LogP contribution in [0.5, 0.6) is 0 Å². The lowest BCUT2D eigenvalue weighted by Crippen LogP contribution is -2.35. The SMILES string of the molecule is O=C(Nc1ccc(CN2CCOCC2)cn1)c1c[nH]c2nccc(Cl)c12. The topological polar surface area (TPSA) is 83.1 Å². The number of carbonyl (C=O) groups excluding carboxylic acids is 1. The number of H-pyrrole nitrogens is 1. The molecule has 4 rings (SSSR count). The summed E-state index contributed by atoms with van der Waals surface area (Å²) in [7, 11) is 0.